The SMILES string of the molecule is N#Cc1ccc(/C=N/Nc2ncc(-c3cc4cc5c(cc4o3)OCO5)s2)cc1. The third kappa shape index (κ3) is 3.04. The molecule has 0 fully saturated rings. The summed E-state index contributed by atoms with van der Waals surface area (Å²) < 4.78 is 16.7. The van der Waals surface area contributed by atoms with Crippen LogP contribution in [0.4, 0.5) is 5.13 Å². The number of aromatic nitrogens is 1. The fourth-order valence-electron chi connectivity index (χ4n) is 2.80. The molecule has 0 unspecified atom stereocenters. The molecule has 7 nitrogen and oxygen atoms in total. The predicted molar refractivity (Wildman–Crippen MR) is 106 cm³/mol. The van der Waals surface area contributed by atoms with Gasteiger partial charge in [0.2, 0.25) is 11.9 Å². The summed E-state index contributed by atoms with van der Waals surface area (Å²) in [5, 5.41) is 14.6. The highest BCUT2D eigenvalue weighted by molar-refractivity contribution is 7.18. The Morgan fingerprint density at radius 2 is 1.96 bits per heavy atom. The van der Waals surface area contributed by atoms with E-state index in [2.05, 4.69) is 21.6 Å². The monoisotopic (exact) mass is 388 g/mol. The van der Waals surface area contributed by atoms with Crippen LogP contribution in [-0.2, 0) is 0 Å². The van der Waals surface area contributed by atoms with Crippen LogP contribution in [0.15, 0.2) is 58.2 Å². The van der Waals surface area contributed by atoms with Crippen LogP contribution in [0.25, 0.3) is 21.6 Å². The van der Waals surface area contributed by atoms with Gasteiger partial charge in [-0.3, -0.25) is 5.43 Å². The quantitative estimate of drug-likeness (QED) is 0.406. The molecule has 8 heteroatoms. The molecule has 28 heavy (non-hydrogen) atoms. The van der Waals surface area contributed by atoms with Gasteiger partial charge in [0.15, 0.2) is 11.5 Å². The van der Waals surface area contributed by atoms with Crippen LogP contribution in [0, 0.1) is 11.3 Å². The van der Waals surface area contributed by atoms with E-state index < -0.39 is 0 Å². The molecule has 1 aliphatic rings. The third-order valence-electron chi connectivity index (χ3n) is 4.17. The Balaban J connectivity index is 1.32. The number of nitrogens with zero attached hydrogens (tertiary/aromatic N) is 3. The lowest BCUT2D eigenvalue weighted by Gasteiger charge is -1.94. The van der Waals surface area contributed by atoms with Gasteiger partial charge in [-0.25, -0.2) is 4.98 Å². The molecule has 2 aromatic heterocycles. The van der Waals surface area contributed by atoms with E-state index in [1.807, 2.05) is 30.3 Å². The van der Waals surface area contributed by atoms with Gasteiger partial charge in [0, 0.05) is 11.5 Å². The smallest absolute Gasteiger partial charge is 0.231 e. The first-order valence-corrected chi connectivity index (χ1v) is 9.19. The van der Waals surface area contributed by atoms with Crippen molar-refractivity contribution in [1.29, 1.82) is 5.26 Å². The molecule has 0 amide bonds. The number of fused-ring (bicyclic) bond motifs is 2. The first kappa shape index (κ1) is 16.4. The summed E-state index contributed by atoms with van der Waals surface area (Å²) in [7, 11) is 0. The number of benzene rings is 2. The lowest BCUT2D eigenvalue weighted by molar-refractivity contribution is 0.174. The van der Waals surface area contributed by atoms with Gasteiger partial charge in [-0.1, -0.05) is 23.5 Å². The van der Waals surface area contributed by atoms with E-state index in [1.165, 1.54) is 11.3 Å². The van der Waals surface area contributed by atoms with Gasteiger partial charge in [-0.15, -0.1) is 0 Å². The van der Waals surface area contributed by atoms with E-state index in [9.17, 15) is 0 Å². The van der Waals surface area contributed by atoms with Crippen LogP contribution >= 0.6 is 11.3 Å². The summed E-state index contributed by atoms with van der Waals surface area (Å²) in [6, 6.07) is 14.9. The van der Waals surface area contributed by atoms with Crippen molar-refractivity contribution in [2.45, 2.75) is 0 Å². The van der Waals surface area contributed by atoms with Crippen molar-refractivity contribution >= 4 is 33.7 Å². The van der Waals surface area contributed by atoms with Gasteiger partial charge in [0.05, 0.1) is 28.9 Å². The number of rotatable bonds is 4. The predicted octanol–water partition coefficient (Wildman–Crippen LogP) is 4.60. The summed E-state index contributed by atoms with van der Waals surface area (Å²) in [4.78, 5) is 5.21. The Hall–Kier alpha value is -3.83. The molecule has 0 bridgehead atoms. The van der Waals surface area contributed by atoms with E-state index in [0.717, 1.165) is 32.9 Å². The molecular formula is C20H12N4O3S. The number of hydrogen-bond donors (Lipinski definition) is 1. The molecule has 136 valence electrons. The van der Waals surface area contributed by atoms with Crippen LogP contribution in [0.3, 0.4) is 0 Å². The molecule has 0 aliphatic carbocycles. The molecule has 0 spiro atoms. The summed E-state index contributed by atoms with van der Waals surface area (Å²) in [5.41, 5.74) is 5.15. The van der Waals surface area contributed by atoms with Crippen molar-refractivity contribution in [2.24, 2.45) is 5.10 Å². The molecule has 0 saturated heterocycles. The lowest BCUT2D eigenvalue weighted by Crippen LogP contribution is -1.92. The highest BCUT2D eigenvalue weighted by Gasteiger charge is 2.17. The average molecular weight is 388 g/mol. The van der Waals surface area contributed by atoms with Gasteiger partial charge in [-0.2, -0.15) is 10.4 Å². The summed E-state index contributed by atoms with van der Waals surface area (Å²) in [6.07, 6.45) is 3.41. The highest BCUT2D eigenvalue weighted by Crippen LogP contribution is 2.40. The molecule has 2 aromatic carbocycles. The molecule has 0 atom stereocenters. The van der Waals surface area contributed by atoms with E-state index in [-0.39, 0.29) is 6.79 Å². The van der Waals surface area contributed by atoms with Crippen molar-refractivity contribution in [3.63, 3.8) is 0 Å². The minimum absolute atomic E-state index is 0.238. The maximum Gasteiger partial charge on any atom is 0.231 e. The maximum atomic E-state index is 8.82. The number of ether oxygens (including phenoxy) is 2. The molecule has 4 aromatic rings. The normalized spacial score (nSPS) is 12.5. The summed E-state index contributed by atoms with van der Waals surface area (Å²) in [5.74, 6) is 2.14. The zero-order valence-corrected chi connectivity index (χ0v) is 15.2. The minimum atomic E-state index is 0.238. The third-order valence-corrected chi connectivity index (χ3v) is 5.09. The molecule has 3 heterocycles. The average Bonchev–Trinajstić information content (AvgIpc) is 3.45. The molecule has 1 aliphatic heterocycles. The zero-order valence-electron chi connectivity index (χ0n) is 14.4. The fourth-order valence-corrected chi connectivity index (χ4v) is 3.51. The van der Waals surface area contributed by atoms with Gasteiger partial charge in [-0.05, 0) is 29.8 Å². The standard InChI is InChI=1S/C20H12N4O3S/c21-8-12-1-3-13(4-2-12)9-23-24-20-22-10-19(28-20)18-6-14-5-16-17(26-11-25-16)7-15(14)27-18/h1-7,9-10H,11H2,(H,22,24)/b23-9+. The lowest BCUT2D eigenvalue weighted by atomic mass is 10.2. The number of thiazole rings is 1. The fraction of sp³-hybridized carbons (Fsp3) is 0.0500. The van der Waals surface area contributed by atoms with E-state index in [1.54, 1.807) is 24.5 Å². The van der Waals surface area contributed by atoms with Crippen molar-refractivity contribution in [3.05, 3.63) is 59.8 Å². The molecule has 1 N–H and O–H groups in total. The first-order chi connectivity index (χ1) is 13.8. The Morgan fingerprint density at radius 1 is 1.14 bits per heavy atom. The Kier molecular flexibility index (Phi) is 3.92. The van der Waals surface area contributed by atoms with Gasteiger partial charge >= 0.3 is 0 Å². The van der Waals surface area contributed by atoms with Gasteiger partial charge in [0.1, 0.15) is 11.3 Å². The van der Waals surface area contributed by atoms with E-state index in [0.29, 0.717) is 16.4 Å². The second kappa shape index (κ2) is 6.72. The second-order valence-corrected chi connectivity index (χ2v) is 7.02. The minimum Gasteiger partial charge on any atom is -0.455 e. The Bertz CT molecular complexity index is 1190. The van der Waals surface area contributed by atoms with Crippen LogP contribution in [0.5, 0.6) is 11.5 Å². The van der Waals surface area contributed by atoms with Crippen LogP contribution in [0.2, 0.25) is 0 Å². The Morgan fingerprint density at radius 3 is 2.79 bits per heavy atom. The number of hydrogen-bond acceptors (Lipinski definition) is 8. The zero-order chi connectivity index (χ0) is 18.9. The summed E-state index contributed by atoms with van der Waals surface area (Å²) >= 11 is 1.44. The molecule has 0 radical (unpaired) electrons. The number of nitrogens with one attached hydrogen (secondary N) is 1. The largest absolute Gasteiger partial charge is 0.455 e. The first-order valence-electron chi connectivity index (χ1n) is 8.37. The highest BCUT2D eigenvalue weighted by atomic mass is 32.1. The molecule has 5 rings (SSSR count). The maximum absolute atomic E-state index is 8.82. The van der Waals surface area contributed by atoms with Crippen molar-refractivity contribution < 1.29 is 13.9 Å². The second-order valence-electron chi connectivity index (χ2n) is 5.99. The van der Waals surface area contributed by atoms with Gasteiger partial charge < -0.3 is 13.9 Å². The number of nitriles is 1. The van der Waals surface area contributed by atoms with Crippen LogP contribution < -0.4 is 14.9 Å². The summed E-state index contributed by atoms with van der Waals surface area (Å²) in [6.45, 7) is 0.238. The topological polar surface area (TPSA) is 92.7 Å². The van der Waals surface area contributed by atoms with E-state index >= 15 is 0 Å². The van der Waals surface area contributed by atoms with Crippen LogP contribution in [-0.4, -0.2) is 18.0 Å². The van der Waals surface area contributed by atoms with Crippen molar-refractivity contribution in [1.82, 2.24) is 4.98 Å². The number of hydrazone groups is 1. The molecule has 0 saturated carbocycles. The Labute approximate surface area is 163 Å². The number of anilines is 1. The molecular weight excluding hydrogens is 376 g/mol. The number of furan rings is 1. The van der Waals surface area contributed by atoms with Crippen molar-refractivity contribution in [2.75, 3.05) is 12.2 Å². The van der Waals surface area contributed by atoms with Crippen molar-refractivity contribution in [3.8, 4) is 28.2 Å². The van der Waals surface area contributed by atoms with Gasteiger partial charge in [0.25, 0.3) is 0 Å². The van der Waals surface area contributed by atoms with E-state index in [4.69, 9.17) is 19.2 Å². The van der Waals surface area contributed by atoms with Crippen LogP contribution in [0.1, 0.15) is 11.1 Å².